The van der Waals surface area contributed by atoms with E-state index >= 15 is 0 Å². The number of aromatic carboxylic acids is 1. The Morgan fingerprint density at radius 2 is 1.41 bits per heavy atom. The molecule has 1 aromatic carbocycles. The quantitative estimate of drug-likeness (QED) is 0.776. The van der Waals surface area contributed by atoms with Crippen LogP contribution in [0.2, 0.25) is 0 Å². The van der Waals surface area contributed by atoms with Gasteiger partial charge in [0, 0.05) is 5.56 Å². The largest absolute Gasteiger partial charge is 0.478 e. The first-order valence-electron chi connectivity index (χ1n) is 8.51. The predicted octanol–water partition coefficient (Wildman–Crippen LogP) is 3.42. The molecule has 7 heteroatoms. The molecule has 0 spiro atoms. The van der Waals surface area contributed by atoms with Crippen molar-refractivity contribution in [3.63, 3.8) is 0 Å². The maximum absolute atomic E-state index is 12.6. The summed E-state index contributed by atoms with van der Waals surface area (Å²) in [7, 11) is 0. The van der Waals surface area contributed by atoms with Gasteiger partial charge in [0.25, 0.3) is 0 Å². The molecule has 0 aliphatic carbocycles. The third-order valence-corrected chi connectivity index (χ3v) is 3.94. The molecule has 0 aliphatic rings. The van der Waals surface area contributed by atoms with Gasteiger partial charge in [0.05, 0.1) is 41.3 Å². The number of carboxylic acids is 1. The SMILES string of the molecule is CCOC(=O)c1c(C)nc(C)c(C(=O)OCC)c1-c1ccccc1C(=O)O. The summed E-state index contributed by atoms with van der Waals surface area (Å²) < 4.78 is 10.3. The molecule has 0 amide bonds. The summed E-state index contributed by atoms with van der Waals surface area (Å²) in [6.07, 6.45) is 0. The van der Waals surface area contributed by atoms with Gasteiger partial charge < -0.3 is 14.6 Å². The van der Waals surface area contributed by atoms with Crippen molar-refractivity contribution < 1.29 is 29.0 Å². The van der Waals surface area contributed by atoms with Crippen LogP contribution in [0.5, 0.6) is 0 Å². The zero-order valence-electron chi connectivity index (χ0n) is 15.7. The number of carboxylic acid groups (broad SMARTS) is 1. The Labute approximate surface area is 156 Å². The van der Waals surface area contributed by atoms with Gasteiger partial charge in [-0.05, 0) is 39.3 Å². The number of aryl methyl sites for hydroxylation is 2. The van der Waals surface area contributed by atoms with Crippen molar-refractivity contribution in [1.29, 1.82) is 0 Å². The molecule has 142 valence electrons. The maximum Gasteiger partial charge on any atom is 0.340 e. The van der Waals surface area contributed by atoms with Crippen molar-refractivity contribution in [2.75, 3.05) is 13.2 Å². The third kappa shape index (κ3) is 3.97. The second-order valence-corrected chi connectivity index (χ2v) is 5.70. The molecule has 0 radical (unpaired) electrons. The Hall–Kier alpha value is -3.22. The summed E-state index contributed by atoms with van der Waals surface area (Å²) in [6, 6.07) is 6.16. The van der Waals surface area contributed by atoms with E-state index in [1.54, 1.807) is 45.9 Å². The highest BCUT2D eigenvalue weighted by molar-refractivity contribution is 6.10. The van der Waals surface area contributed by atoms with Crippen LogP contribution in [-0.2, 0) is 9.47 Å². The van der Waals surface area contributed by atoms with E-state index in [1.807, 2.05) is 0 Å². The van der Waals surface area contributed by atoms with E-state index in [9.17, 15) is 19.5 Å². The van der Waals surface area contributed by atoms with Gasteiger partial charge >= 0.3 is 17.9 Å². The smallest absolute Gasteiger partial charge is 0.340 e. The molecule has 0 fully saturated rings. The van der Waals surface area contributed by atoms with E-state index < -0.39 is 17.9 Å². The van der Waals surface area contributed by atoms with Gasteiger partial charge in [0.1, 0.15) is 0 Å². The minimum absolute atomic E-state index is 0.0430. The van der Waals surface area contributed by atoms with E-state index in [0.717, 1.165) is 0 Å². The summed E-state index contributed by atoms with van der Waals surface area (Å²) in [5.41, 5.74) is 1.14. The maximum atomic E-state index is 12.6. The Balaban J connectivity index is 2.96. The van der Waals surface area contributed by atoms with Crippen LogP contribution >= 0.6 is 0 Å². The van der Waals surface area contributed by atoms with Gasteiger partial charge in [-0.15, -0.1) is 0 Å². The van der Waals surface area contributed by atoms with E-state index in [1.165, 1.54) is 6.07 Å². The van der Waals surface area contributed by atoms with Gasteiger partial charge in [-0.1, -0.05) is 18.2 Å². The molecule has 0 atom stereocenters. The first kappa shape index (κ1) is 20.1. The van der Waals surface area contributed by atoms with E-state index in [2.05, 4.69) is 4.98 Å². The van der Waals surface area contributed by atoms with Crippen molar-refractivity contribution in [2.24, 2.45) is 0 Å². The van der Waals surface area contributed by atoms with Crippen molar-refractivity contribution in [3.05, 3.63) is 52.3 Å². The third-order valence-electron chi connectivity index (χ3n) is 3.94. The van der Waals surface area contributed by atoms with Crippen LogP contribution in [0.1, 0.15) is 56.3 Å². The zero-order chi connectivity index (χ0) is 20.1. The topological polar surface area (TPSA) is 103 Å². The standard InChI is InChI=1S/C20H21NO6/c1-5-26-19(24)15-11(3)21-12(4)16(20(25)27-6-2)17(15)13-9-7-8-10-14(13)18(22)23/h7-10H,5-6H2,1-4H3,(H,22,23). The minimum atomic E-state index is -1.18. The van der Waals surface area contributed by atoms with Crippen molar-refractivity contribution in [1.82, 2.24) is 4.98 Å². The Bertz CT molecular complexity index is 861. The predicted molar refractivity (Wildman–Crippen MR) is 98.0 cm³/mol. The van der Waals surface area contributed by atoms with Gasteiger partial charge in [-0.2, -0.15) is 0 Å². The number of nitrogens with zero attached hydrogens (tertiary/aromatic N) is 1. The van der Waals surface area contributed by atoms with Gasteiger partial charge in [0.2, 0.25) is 0 Å². The number of hydrogen-bond acceptors (Lipinski definition) is 6. The number of carbonyl (C=O) groups is 3. The zero-order valence-corrected chi connectivity index (χ0v) is 15.7. The summed E-state index contributed by atoms with van der Waals surface area (Å²) in [5, 5.41) is 9.58. The highest BCUT2D eigenvalue weighted by Crippen LogP contribution is 2.34. The van der Waals surface area contributed by atoms with Gasteiger partial charge in [0.15, 0.2) is 0 Å². The molecule has 0 unspecified atom stereocenters. The molecule has 7 nitrogen and oxygen atoms in total. The molecule has 1 aromatic heterocycles. The summed E-state index contributed by atoms with van der Waals surface area (Å²) in [4.78, 5) is 41.3. The average Bonchev–Trinajstić information content (AvgIpc) is 2.61. The molecule has 1 heterocycles. The highest BCUT2D eigenvalue weighted by Gasteiger charge is 2.29. The van der Waals surface area contributed by atoms with Crippen LogP contribution < -0.4 is 0 Å². The lowest BCUT2D eigenvalue weighted by molar-refractivity contribution is 0.0523. The fourth-order valence-corrected chi connectivity index (χ4v) is 2.91. The number of esters is 2. The molecule has 0 aliphatic heterocycles. The summed E-state index contributed by atoms with van der Waals surface area (Å²) >= 11 is 0. The lowest BCUT2D eigenvalue weighted by Crippen LogP contribution is -2.18. The molecule has 0 saturated carbocycles. The number of rotatable bonds is 6. The number of aromatic nitrogens is 1. The number of hydrogen-bond donors (Lipinski definition) is 1. The van der Waals surface area contributed by atoms with E-state index in [0.29, 0.717) is 11.4 Å². The molecule has 2 aromatic rings. The molecule has 1 N–H and O–H groups in total. The highest BCUT2D eigenvalue weighted by atomic mass is 16.5. The minimum Gasteiger partial charge on any atom is -0.478 e. The van der Waals surface area contributed by atoms with Gasteiger partial charge in [-0.25, -0.2) is 14.4 Å². The molecule has 2 rings (SSSR count). The van der Waals surface area contributed by atoms with Crippen molar-refractivity contribution in [3.8, 4) is 11.1 Å². The Morgan fingerprint density at radius 1 is 0.926 bits per heavy atom. The average molecular weight is 371 g/mol. The van der Waals surface area contributed by atoms with Crippen LogP contribution in [0.4, 0.5) is 0 Å². The summed E-state index contributed by atoms with van der Waals surface area (Å²) in [5.74, 6) is -2.53. The van der Waals surface area contributed by atoms with E-state index in [-0.39, 0.29) is 41.0 Å². The van der Waals surface area contributed by atoms with Crippen molar-refractivity contribution in [2.45, 2.75) is 27.7 Å². The molecular weight excluding hydrogens is 350 g/mol. The molecule has 27 heavy (non-hydrogen) atoms. The monoisotopic (exact) mass is 371 g/mol. The first-order valence-corrected chi connectivity index (χ1v) is 8.51. The van der Waals surface area contributed by atoms with Crippen molar-refractivity contribution >= 4 is 17.9 Å². The molecular formula is C20H21NO6. The second-order valence-electron chi connectivity index (χ2n) is 5.70. The fraction of sp³-hybridized carbons (Fsp3) is 0.300. The number of benzene rings is 1. The van der Waals surface area contributed by atoms with E-state index in [4.69, 9.17) is 9.47 Å². The van der Waals surface area contributed by atoms with Crippen LogP contribution in [0.15, 0.2) is 24.3 Å². The van der Waals surface area contributed by atoms with Crippen LogP contribution in [0.3, 0.4) is 0 Å². The Morgan fingerprint density at radius 3 is 1.85 bits per heavy atom. The Kier molecular flexibility index (Phi) is 6.28. The number of pyridine rings is 1. The molecule has 0 saturated heterocycles. The number of carbonyl (C=O) groups excluding carboxylic acids is 2. The lowest BCUT2D eigenvalue weighted by Gasteiger charge is -2.18. The van der Waals surface area contributed by atoms with Crippen LogP contribution in [0.25, 0.3) is 11.1 Å². The summed E-state index contributed by atoms with van der Waals surface area (Å²) in [6.45, 7) is 6.79. The van der Waals surface area contributed by atoms with Crippen LogP contribution in [0, 0.1) is 13.8 Å². The fourth-order valence-electron chi connectivity index (χ4n) is 2.91. The first-order chi connectivity index (χ1) is 12.8. The van der Waals surface area contributed by atoms with Crippen LogP contribution in [-0.4, -0.2) is 41.2 Å². The normalized spacial score (nSPS) is 10.4. The van der Waals surface area contributed by atoms with Gasteiger partial charge in [-0.3, -0.25) is 4.98 Å². The number of ether oxygens (including phenoxy) is 2. The lowest BCUT2D eigenvalue weighted by atomic mass is 9.89. The second kappa shape index (κ2) is 8.44. The molecule has 0 bridgehead atoms.